The Labute approximate surface area is 91.2 Å². The predicted molar refractivity (Wildman–Crippen MR) is 58.9 cm³/mol. The minimum Gasteiger partial charge on any atom is -0.402 e. The highest BCUT2D eigenvalue weighted by Gasteiger charge is 2.31. The van der Waals surface area contributed by atoms with Crippen molar-refractivity contribution in [3.8, 4) is 0 Å². The molecule has 0 saturated carbocycles. The van der Waals surface area contributed by atoms with Crippen LogP contribution in [0.2, 0.25) is 0 Å². The molecule has 90 valence electrons. The van der Waals surface area contributed by atoms with Gasteiger partial charge in [-0.15, -0.1) is 6.58 Å². The molecular weight excluding hydrogens is 199 g/mol. The van der Waals surface area contributed by atoms with E-state index >= 15 is 0 Å². The number of rotatable bonds is 4. The lowest BCUT2D eigenvalue weighted by molar-refractivity contribution is -0.107. The van der Waals surface area contributed by atoms with E-state index in [1.807, 2.05) is 0 Å². The lowest BCUT2D eigenvalue weighted by atomic mass is 9.90. The standard InChI is InChI=1S/C6H14O2.C3H7BO3/c1-5(2,7)6(3,4)8;1-2-3-7-4(5)6/h7-8H,1-4H3;2,5-6H,1,3H2. The first-order chi connectivity index (χ1) is 6.52. The predicted octanol–water partition coefficient (Wildman–Crippen LogP) is -0.313. The van der Waals surface area contributed by atoms with E-state index in [9.17, 15) is 0 Å². The van der Waals surface area contributed by atoms with E-state index in [4.69, 9.17) is 20.3 Å². The maximum atomic E-state index is 9.10. The van der Waals surface area contributed by atoms with Gasteiger partial charge in [0.25, 0.3) is 0 Å². The van der Waals surface area contributed by atoms with E-state index in [-0.39, 0.29) is 6.61 Å². The van der Waals surface area contributed by atoms with E-state index in [0.717, 1.165) is 0 Å². The average molecular weight is 220 g/mol. The molecule has 0 aliphatic carbocycles. The quantitative estimate of drug-likeness (QED) is 0.385. The minimum absolute atomic E-state index is 0.164. The van der Waals surface area contributed by atoms with E-state index in [1.165, 1.54) is 6.08 Å². The number of hydrogen-bond donors (Lipinski definition) is 4. The van der Waals surface area contributed by atoms with Gasteiger partial charge in [0.1, 0.15) is 0 Å². The molecule has 0 rings (SSSR count). The molecule has 0 bridgehead atoms. The zero-order valence-electron chi connectivity index (χ0n) is 9.77. The van der Waals surface area contributed by atoms with Crippen molar-refractivity contribution in [2.24, 2.45) is 0 Å². The molecule has 5 nitrogen and oxygen atoms in total. The van der Waals surface area contributed by atoms with Crippen LogP contribution < -0.4 is 0 Å². The van der Waals surface area contributed by atoms with Gasteiger partial charge in [0.05, 0.1) is 17.8 Å². The Morgan fingerprint density at radius 2 is 1.47 bits per heavy atom. The molecule has 0 aliphatic rings. The third-order valence-electron chi connectivity index (χ3n) is 1.86. The Bertz CT molecular complexity index is 156. The Morgan fingerprint density at radius 3 is 1.53 bits per heavy atom. The van der Waals surface area contributed by atoms with Gasteiger partial charge in [0.2, 0.25) is 0 Å². The van der Waals surface area contributed by atoms with Crippen LogP contribution in [0.25, 0.3) is 0 Å². The zero-order valence-corrected chi connectivity index (χ0v) is 9.77. The third-order valence-corrected chi connectivity index (χ3v) is 1.86. The van der Waals surface area contributed by atoms with Crippen LogP contribution in [0.4, 0.5) is 0 Å². The van der Waals surface area contributed by atoms with Gasteiger partial charge in [0, 0.05) is 0 Å². The van der Waals surface area contributed by atoms with Gasteiger partial charge in [-0.2, -0.15) is 0 Å². The summed E-state index contributed by atoms with van der Waals surface area (Å²) in [6.07, 6.45) is 1.43. The first kappa shape index (κ1) is 17.0. The van der Waals surface area contributed by atoms with Crippen molar-refractivity contribution in [3.63, 3.8) is 0 Å². The summed E-state index contributed by atoms with van der Waals surface area (Å²) >= 11 is 0. The highest BCUT2D eigenvalue weighted by Crippen LogP contribution is 2.19. The Morgan fingerprint density at radius 1 is 1.13 bits per heavy atom. The van der Waals surface area contributed by atoms with Gasteiger partial charge in [-0.3, -0.25) is 0 Å². The molecule has 0 aromatic heterocycles. The van der Waals surface area contributed by atoms with Crippen LogP contribution in [-0.4, -0.2) is 45.4 Å². The highest BCUT2D eigenvalue weighted by atomic mass is 16.6. The van der Waals surface area contributed by atoms with Gasteiger partial charge in [-0.25, -0.2) is 0 Å². The van der Waals surface area contributed by atoms with Gasteiger partial charge in [0.15, 0.2) is 0 Å². The molecule has 0 spiro atoms. The fourth-order valence-corrected chi connectivity index (χ4v) is 0.154. The SMILES string of the molecule is C=CCOB(O)O.CC(C)(O)C(C)(C)O. The maximum Gasteiger partial charge on any atom is 0.634 e. The summed E-state index contributed by atoms with van der Waals surface area (Å²) in [5.74, 6) is 0. The summed E-state index contributed by atoms with van der Waals surface area (Å²) in [7, 11) is -1.67. The number of aliphatic hydroxyl groups is 2. The molecule has 0 heterocycles. The van der Waals surface area contributed by atoms with Crippen molar-refractivity contribution in [3.05, 3.63) is 12.7 Å². The molecular formula is C9H21BO5. The van der Waals surface area contributed by atoms with Crippen LogP contribution in [0.15, 0.2) is 12.7 Å². The largest absolute Gasteiger partial charge is 0.634 e. The Hall–Kier alpha value is -0.395. The van der Waals surface area contributed by atoms with Crippen molar-refractivity contribution in [1.29, 1.82) is 0 Å². The normalized spacial score (nSPS) is 11.5. The third kappa shape index (κ3) is 11.5. The monoisotopic (exact) mass is 220 g/mol. The first-order valence-electron chi connectivity index (χ1n) is 4.55. The van der Waals surface area contributed by atoms with Crippen LogP contribution in [0.1, 0.15) is 27.7 Å². The minimum atomic E-state index is -1.67. The Balaban J connectivity index is 0. The van der Waals surface area contributed by atoms with Crippen LogP contribution in [0.3, 0.4) is 0 Å². The van der Waals surface area contributed by atoms with Gasteiger partial charge >= 0.3 is 7.32 Å². The van der Waals surface area contributed by atoms with Crippen molar-refractivity contribution in [2.75, 3.05) is 6.61 Å². The summed E-state index contributed by atoms with van der Waals surface area (Å²) in [5, 5.41) is 34.1. The molecule has 0 fully saturated rings. The smallest absolute Gasteiger partial charge is 0.402 e. The van der Waals surface area contributed by atoms with Gasteiger partial charge < -0.3 is 24.9 Å². The molecule has 0 unspecified atom stereocenters. The van der Waals surface area contributed by atoms with Crippen molar-refractivity contribution in [1.82, 2.24) is 0 Å². The lowest BCUT2D eigenvalue weighted by Crippen LogP contribution is -2.44. The second-order valence-corrected chi connectivity index (χ2v) is 4.07. The molecule has 0 atom stereocenters. The van der Waals surface area contributed by atoms with Crippen LogP contribution >= 0.6 is 0 Å². The molecule has 6 heteroatoms. The maximum absolute atomic E-state index is 9.10. The first-order valence-corrected chi connectivity index (χ1v) is 4.55. The summed E-state index contributed by atoms with van der Waals surface area (Å²) in [5.41, 5.74) is -2.01. The molecule has 0 saturated heterocycles. The second-order valence-electron chi connectivity index (χ2n) is 4.07. The van der Waals surface area contributed by atoms with Gasteiger partial charge in [-0.1, -0.05) is 6.08 Å². The summed E-state index contributed by atoms with van der Waals surface area (Å²) < 4.78 is 4.18. The number of hydrogen-bond acceptors (Lipinski definition) is 5. The van der Waals surface area contributed by atoms with Crippen LogP contribution in [-0.2, 0) is 4.65 Å². The van der Waals surface area contributed by atoms with Crippen LogP contribution in [0.5, 0.6) is 0 Å². The molecule has 0 aromatic carbocycles. The summed E-state index contributed by atoms with van der Waals surface area (Å²) in [6, 6.07) is 0. The lowest BCUT2D eigenvalue weighted by Gasteiger charge is -2.31. The highest BCUT2D eigenvalue weighted by molar-refractivity contribution is 6.32. The molecule has 15 heavy (non-hydrogen) atoms. The van der Waals surface area contributed by atoms with E-state index in [0.29, 0.717) is 0 Å². The average Bonchev–Trinajstić information content (AvgIpc) is 1.98. The topological polar surface area (TPSA) is 90.2 Å². The zero-order chi connectivity index (χ0) is 12.7. The van der Waals surface area contributed by atoms with Gasteiger partial charge in [-0.05, 0) is 27.7 Å². The molecule has 0 aromatic rings. The Kier molecular flexibility index (Phi) is 7.91. The molecule has 0 radical (unpaired) electrons. The van der Waals surface area contributed by atoms with Crippen molar-refractivity contribution in [2.45, 2.75) is 38.9 Å². The fraction of sp³-hybridized carbons (Fsp3) is 0.778. The van der Waals surface area contributed by atoms with Crippen molar-refractivity contribution >= 4 is 7.32 Å². The summed E-state index contributed by atoms with van der Waals surface area (Å²) in [6.45, 7) is 9.76. The van der Waals surface area contributed by atoms with E-state index in [2.05, 4.69) is 11.2 Å². The second kappa shape index (κ2) is 6.97. The molecule has 0 aliphatic heterocycles. The fourth-order valence-electron chi connectivity index (χ4n) is 0.154. The van der Waals surface area contributed by atoms with Crippen LogP contribution in [0, 0.1) is 0 Å². The molecule has 4 N–H and O–H groups in total. The van der Waals surface area contributed by atoms with E-state index < -0.39 is 18.5 Å². The summed E-state index contributed by atoms with van der Waals surface area (Å²) in [4.78, 5) is 0. The molecule has 0 amide bonds. The van der Waals surface area contributed by atoms with E-state index in [1.54, 1.807) is 27.7 Å². The van der Waals surface area contributed by atoms with Crippen molar-refractivity contribution < 1.29 is 24.9 Å².